The SMILES string of the molecule is CC(C)C1CC(OC(=O)CC(=O)OC2CC(C)(C)NC(C)(C(C)C)C2)CC(C(C)C)N1. The maximum Gasteiger partial charge on any atom is 0.317 e. The first-order valence-corrected chi connectivity index (χ1v) is 12.1. The van der Waals surface area contributed by atoms with E-state index in [0.29, 0.717) is 29.8 Å². The molecule has 0 bridgehead atoms. The largest absolute Gasteiger partial charge is 0.462 e. The summed E-state index contributed by atoms with van der Waals surface area (Å²) in [6.07, 6.45) is 2.40. The highest BCUT2D eigenvalue weighted by atomic mass is 16.6. The Morgan fingerprint density at radius 2 is 1.32 bits per heavy atom. The molecule has 2 rings (SSSR count). The van der Waals surface area contributed by atoms with Crippen LogP contribution in [0.5, 0.6) is 0 Å². The lowest BCUT2D eigenvalue weighted by atomic mass is 9.74. The summed E-state index contributed by atoms with van der Waals surface area (Å²) in [5.74, 6) is 0.383. The van der Waals surface area contributed by atoms with Gasteiger partial charge in [-0.2, -0.15) is 0 Å². The number of esters is 2. The van der Waals surface area contributed by atoms with Gasteiger partial charge in [0, 0.05) is 48.8 Å². The van der Waals surface area contributed by atoms with Gasteiger partial charge in [-0.05, 0) is 38.5 Å². The number of piperidine rings is 2. The summed E-state index contributed by atoms with van der Waals surface area (Å²) in [5.41, 5.74) is -0.241. The van der Waals surface area contributed by atoms with E-state index in [1.54, 1.807) is 0 Å². The molecule has 0 radical (unpaired) electrons. The third kappa shape index (κ3) is 7.45. The molecule has 2 aliphatic heterocycles. The number of rotatable bonds is 7. The van der Waals surface area contributed by atoms with Crippen LogP contribution in [0.3, 0.4) is 0 Å². The Hall–Kier alpha value is -1.14. The van der Waals surface area contributed by atoms with Crippen LogP contribution in [0.15, 0.2) is 0 Å². The number of hydrogen-bond donors (Lipinski definition) is 2. The van der Waals surface area contributed by atoms with E-state index in [2.05, 4.69) is 72.9 Å². The zero-order valence-electron chi connectivity index (χ0n) is 21.2. The predicted molar refractivity (Wildman–Crippen MR) is 124 cm³/mol. The van der Waals surface area contributed by atoms with Crippen molar-refractivity contribution in [2.45, 2.75) is 130 Å². The molecule has 0 aromatic rings. The normalized spacial score (nSPS) is 33.5. The van der Waals surface area contributed by atoms with Crippen LogP contribution in [0, 0.1) is 17.8 Å². The molecule has 31 heavy (non-hydrogen) atoms. The van der Waals surface area contributed by atoms with Crippen molar-refractivity contribution < 1.29 is 19.1 Å². The van der Waals surface area contributed by atoms with Gasteiger partial charge in [0.15, 0.2) is 0 Å². The van der Waals surface area contributed by atoms with Crippen LogP contribution >= 0.6 is 0 Å². The second kappa shape index (κ2) is 10.2. The summed E-state index contributed by atoms with van der Waals surface area (Å²) in [6, 6.07) is 0.633. The molecule has 2 N–H and O–H groups in total. The molecular weight excluding hydrogens is 392 g/mol. The highest BCUT2D eigenvalue weighted by Gasteiger charge is 2.44. The number of carbonyl (C=O) groups excluding carboxylic acids is 2. The second-order valence-electron chi connectivity index (χ2n) is 11.7. The zero-order chi connectivity index (χ0) is 23.6. The van der Waals surface area contributed by atoms with Crippen molar-refractivity contribution in [2.75, 3.05) is 0 Å². The van der Waals surface area contributed by atoms with Crippen LogP contribution in [-0.4, -0.2) is 47.3 Å². The molecule has 2 saturated heterocycles. The van der Waals surface area contributed by atoms with E-state index in [9.17, 15) is 9.59 Å². The van der Waals surface area contributed by atoms with Gasteiger partial charge in [-0.25, -0.2) is 0 Å². The summed E-state index contributed by atoms with van der Waals surface area (Å²) < 4.78 is 11.5. The molecule has 0 aromatic carbocycles. The molecule has 4 unspecified atom stereocenters. The Kier molecular flexibility index (Phi) is 8.59. The summed E-state index contributed by atoms with van der Waals surface area (Å²) in [6.45, 7) is 19.5. The van der Waals surface area contributed by atoms with Crippen molar-refractivity contribution in [3.8, 4) is 0 Å². The lowest BCUT2D eigenvalue weighted by molar-refractivity contribution is -0.164. The fourth-order valence-corrected chi connectivity index (χ4v) is 5.12. The Morgan fingerprint density at radius 1 is 0.839 bits per heavy atom. The molecule has 6 nitrogen and oxygen atoms in total. The molecule has 2 aliphatic rings. The molecule has 4 atom stereocenters. The summed E-state index contributed by atoms with van der Waals surface area (Å²) in [7, 11) is 0. The van der Waals surface area contributed by atoms with E-state index < -0.39 is 11.9 Å². The van der Waals surface area contributed by atoms with Crippen LogP contribution in [0.4, 0.5) is 0 Å². The van der Waals surface area contributed by atoms with Crippen molar-refractivity contribution in [1.29, 1.82) is 0 Å². The van der Waals surface area contributed by atoms with Gasteiger partial charge in [-0.1, -0.05) is 41.5 Å². The molecule has 0 aliphatic carbocycles. The quantitative estimate of drug-likeness (QED) is 0.458. The summed E-state index contributed by atoms with van der Waals surface area (Å²) in [5, 5.41) is 7.39. The predicted octanol–water partition coefficient (Wildman–Crippen LogP) is 4.21. The average molecular weight is 439 g/mol. The van der Waals surface area contributed by atoms with E-state index in [1.807, 2.05) is 0 Å². The van der Waals surface area contributed by atoms with Crippen molar-refractivity contribution in [2.24, 2.45) is 17.8 Å². The number of ether oxygens (including phenoxy) is 2. The molecule has 6 heteroatoms. The van der Waals surface area contributed by atoms with Crippen LogP contribution < -0.4 is 10.6 Å². The maximum absolute atomic E-state index is 12.5. The van der Waals surface area contributed by atoms with E-state index in [-0.39, 0.29) is 29.7 Å². The van der Waals surface area contributed by atoms with Crippen LogP contribution in [0.2, 0.25) is 0 Å². The second-order valence-corrected chi connectivity index (χ2v) is 11.7. The van der Waals surface area contributed by atoms with E-state index >= 15 is 0 Å². The molecular formula is C25H46N2O4. The summed E-state index contributed by atoms with van der Waals surface area (Å²) >= 11 is 0. The van der Waals surface area contributed by atoms with Gasteiger partial charge in [-0.15, -0.1) is 0 Å². The van der Waals surface area contributed by atoms with Gasteiger partial charge in [0.25, 0.3) is 0 Å². The minimum Gasteiger partial charge on any atom is -0.462 e. The molecule has 0 spiro atoms. The fraction of sp³-hybridized carbons (Fsp3) is 0.920. The molecule has 0 aromatic heterocycles. The lowest BCUT2D eigenvalue weighted by Gasteiger charge is -2.49. The monoisotopic (exact) mass is 438 g/mol. The highest BCUT2D eigenvalue weighted by Crippen LogP contribution is 2.35. The maximum atomic E-state index is 12.5. The van der Waals surface area contributed by atoms with Gasteiger partial charge in [0.2, 0.25) is 0 Å². The van der Waals surface area contributed by atoms with Crippen molar-refractivity contribution in [3.63, 3.8) is 0 Å². The topological polar surface area (TPSA) is 76.7 Å². The first kappa shape index (κ1) is 26.1. The Morgan fingerprint density at radius 3 is 1.77 bits per heavy atom. The Balaban J connectivity index is 1.91. The van der Waals surface area contributed by atoms with Crippen molar-refractivity contribution in [1.82, 2.24) is 10.6 Å². The van der Waals surface area contributed by atoms with Crippen molar-refractivity contribution >= 4 is 11.9 Å². The average Bonchev–Trinajstić information content (AvgIpc) is 2.58. The molecule has 180 valence electrons. The number of nitrogens with one attached hydrogen (secondary N) is 2. The smallest absolute Gasteiger partial charge is 0.317 e. The van der Waals surface area contributed by atoms with Crippen molar-refractivity contribution in [3.05, 3.63) is 0 Å². The minimum atomic E-state index is -0.478. The first-order chi connectivity index (χ1) is 14.2. The lowest BCUT2D eigenvalue weighted by Crippen LogP contribution is -2.63. The van der Waals surface area contributed by atoms with Crippen LogP contribution in [-0.2, 0) is 19.1 Å². The number of hydrogen-bond acceptors (Lipinski definition) is 6. The minimum absolute atomic E-state index is 0.111. The molecule has 0 saturated carbocycles. The molecule has 2 fully saturated rings. The fourth-order valence-electron chi connectivity index (χ4n) is 5.12. The summed E-state index contributed by atoms with van der Waals surface area (Å²) in [4.78, 5) is 25.1. The van der Waals surface area contributed by atoms with Gasteiger partial charge in [-0.3, -0.25) is 9.59 Å². The third-order valence-electron chi connectivity index (χ3n) is 7.24. The molecule has 2 heterocycles. The van der Waals surface area contributed by atoms with Gasteiger partial charge < -0.3 is 20.1 Å². The standard InChI is InChI=1S/C25H46N2O4/c1-15(2)20-10-18(11-21(26-20)16(3)4)30-22(28)12-23(29)31-19-13-24(7,8)27-25(9,14-19)17(5)6/h15-21,26-27H,10-14H2,1-9H3. The van der Waals surface area contributed by atoms with E-state index in [4.69, 9.17) is 9.47 Å². The van der Waals surface area contributed by atoms with Gasteiger partial charge in [0.1, 0.15) is 18.6 Å². The van der Waals surface area contributed by atoms with Gasteiger partial charge >= 0.3 is 11.9 Å². The Labute approximate surface area is 189 Å². The van der Waals surface area contributed by atoms with E-state index in [0.717, 1.165) is 25.7 Å². The first-order valence-electron chi connectivity index (χ1n) is 12.1. The van der Waals surface area contributed by atoms with E-state index in [1.165, 1.54) is 0 Å². The molecule has 0 amide bonds. The highest BCUT2D eigenvalue weighted by molar-refractivity contribution is 5.91. The Bertz CT molecular complexity index is 615. The number of carbonyl (C=O) groups is 2. The van der Waals surface area contributed by atoms with Crippen LogP contribution in [0.1, 0.15) is 94.4 Å². The third-order valence-corrected chi connectivity index (χ3v) is 7.24. The van der Waals surface area contributed by atoms with Crippen LogP contribution in [0.25, 0.3) is 0 Å². The van der Waals surface area contributed by atoms with Gasteiger partial charge in [0.05, 0.1) is 0 Å². The zero-order valence-corrected chi connectivity index (χ0v) is 21.2.